The summed E-state index contributed by atoms with van der Waals surface area (Å²) in [7, 11) is 0. The second-order valence-corrected chi connectivity index (χ2v) is 5.41. The Bertz CT molecular complexity index is 700. The lowest BCUT2D eigenvalue weighted by Gasteiger charge is -2.36. The summed E-state index contributed by atoms with van der Waals surface area (Å²) in [5, 5.41) is 12.2. The van der Waals surface area contributed by atoms with Crippen molar-refractivity contribution < 1.29 is 14.3 Å². The van der Waals surface area contributed by atoms with E-state index in [4.69, 9.17) is 0 Å². The molecule has 1 saturated heterocycles. The fourth-order valence-electron chi connectivity index (χ4n) is 2.64. The van der Waals surface area contributed by atoms with Crippen LogP contribution >= 0.6 is 0 Å². The molecule has 3 rings (SSSR count). The number of nitrogens with zero attached hydrogens (tertiary/aromatic N) is 2. The van der Waals surface area contributed by atoms with E-state index in [0.29, 0.717) is 37.6 Å². The highest BCUT2D eigenvalue weighted by molar-refractivity contribution is 5.89. The smallest absolute Gasteiger partial charge is 0.321 e. The van der Waals surface area contributed by atoms with Crippen molar-refractivity contribution in [1.29, 1.82) is 0 Å². The summed E-state index contributed by atoms with van der Waals surface area (Å²) < 4.78 is 13.8. The largest absolute Gasteiger partial charge is 0.508 e. The number of carbonyl (C=O) groups excluding carboxylic acids is 1. The topological polar surface area (TPSA) is 55.8 Å². The van der Waals surface area contributed by atoms with E-state index in [0.717, 1.165) is 0 Å². The summed E-state index contributed by atoms with van der Waals surface area (Å²) in [4.78, 5) is 15.8. The molecule has 120 valence electrons. The van der Waals surface area contributed by atoms with E-state index >= 15 is 0 Å². The van der Waals surface area contributed by atoms with E-state index in [1.165, 1.54) is 12.1 Å². The Balaban J connectivity index is 1.58. The number of halogens is 1. The van der Waals surface area contributed by atoms with Crippen LogP contribution in [0.2, 0.25) is 0 Å². The molecule has 1 aliphatic heterocycles. The summed E-state index contributed by atoms with van der Waals surface area (Å²) in [6, 6.07) is 12.9. The Morgan fingerprint density at radius 1 is 1.04 bits per heavy atom. The van der Waals surface area contributed by atoms with Crippen LogP contribution in [0.5, 0.6) is 5.75 Å². The molecule has 23 heavy (non-hydrogen) atoms. The molecule has 5 nitrogen and oxygen atoms in total. The van der Waals surface area contributed by atoms with Gasteiger partial charge in [0.25, 0.3) is 0 Å². The summed E-state index contributed by atoms with van der Waals surface area (Å²) in [5.41, 5.74) is 1.12. The van der Waals surface area contributed by atoms with Crippen molar-refractivity contribution in [2.45, 2.75) is 0 Å². The van der Waals surface area contributed by atoms with E-state index in [9.17, 15) is 14.3 Å². The first-order valence-electron chi connectivity index (χ1n) is 7.48. The van der Waals surface area contributed by atoms with Crippen molar-refractivity contribution in [3.8, 4) is 5.75 Å². The number of amides is 2. The van der Waals surface area contributed by atoms with Crippen LogP contribution in [-0.4, -0.2) is 42.2 Å². The first kappa shape index (κ1) is 15.1. The summed E-state index contributed by atoms with van der Waals surface area (Å²) >= 11 is 0. The number of para-hydroxylation sites is 1. The molecule has 0 unspecified atom stereocenters. The number of phenols is 1. The average Bonchev–Trinajstić information content (AvgIpc) is 2.55. The predicted octanol–water partition coefficient (Wildman–Crippen LogP) is 2.89. The number of hydrogen-bond acceptors (Lipinski definition) is 3. The molecular formula is C17H18FN3O2. The molecule has 0 atom stereocenters. The van der Waals surface area contributed by atoms with Crippen LogP contribution in [0.3, 0.4) is 0 Å². The zero-order valence-electron chi connectivity index (χ0n) is 12.6. The van der Waals surface area contributed by atoms with Crippen molar-refractivity contribution in [1.82, 2.24) is 4.90 Å². The van der Waals surface area contributed by atoms with Gasteiger partial charge >= 0.3 is 6.03 Å². The van der Waals surface area contributed by atoms with Gasteiger partial charge in [0.2, 0.25) is 0 Å². The predicted molar refractivity (Wildman–Crippen MR) is 87.3 cm³/mol. The molecule has 2 aromatic carbocycles. The Kier molecular flexibility index (Phi) is 4.32. The molecule has 0 aliphatic carbocycles. The minimum absolute atomic E-state index is 0.104. The first-order valence-corrected chi connectivity index (χ1v) is 7.48. The number of urea groups is 1. The van der Waals surface area contributed by atoms with Crippen molar-refractivity contribution in [2.75, 3.05) is 36.4 Å². The third-order valence-corrected chi connectivity index (χ3v) is 3.86. The van der Waals surface area contributed by atoms with Gasteiger partial charge < -0.3 is 20.2 Å². The third kappa shape index (κ3) is 3.53. The van der Waals surface area contributed by atoms with E-state index in [1.54, 1.807) is 41.3 Å². The van der Waals surface area contributed by atoms with Gasteiger partial charge in [-0.15, -0.1) is 0 Å². The van der Waals surface area contributed by atoms with Gasteiger partial charge in [0.15, 0.2) is 0 Å². The lowest BCUT2D eigenvalue weighted by atomic mass is 10.2. The van der Waals surface area contributed by atoms with Crippen LogP contribution in [0.4, 0.5) is 20.6 Å². The maximum absolute atomic E-state index is 13.8. The molecule has 0 bridgehead atoms. The normalized spacial score (nSPS) is 14.7. The lowest BCUT2D eigenvalue weighted by molar-refractivity contribution is 0.208. The van der Waals surface area contributed by atoms with E-state index in [1.807, 2.05) is 4.90 Å². The van der Waals surface area contributed by atoms with Crippen LogP contribution in [0.1, 0.15) is 0 Å². The SMILES string of the molecule is O=C(Nc1cccc(O)c1)N1CCN(c2ccccc2F)CC1. The zero-order chi connectivity index (χ0) is 16.2. The van der Waals surface area contributed by atoms with Crippen LogP contribution < -0.4 is 10.2 Å². The van der Waals surface area contributed by atoms with E-state index < -0.39 is 0 Å². The molecule has 2 aromatic rings. The number of piperazine rings is 1. The molecule has 0 saturated carbocycles. The van der Waals surface area contributed by atoms with Crippen molar-refractivity contribution in [2.24, 2.45) is 0 Å². The summed E-state index contributed by atoms with van der Waals surface area (Å²) in [6.45, 7) is 2.18. The second-order valence-electron chi connectivity index (χ2n) is 5.41. The summed E-state index contributed by atoms with van der Waals surface area (Å²) in [5.74, 6) is -0.141. The van der Waals surface area contributed by atoms with Gasteiger partial charge in [-0.3, -0.25) is 0 Å². The fourth-order valence-corrected chi connectivity index (χ4v) is 2.64. The monoisotopic (exact) mass is 315 g/mol. The number of aromatic hydroxyl groups is 1. The molecule has 2 N–H and O–H groups in total. The molecular weight excluding hydrogens is 297 g/mol. The molecule has 2 amide bonds. The minimum Gasteiger partial charge on any atom is -0.508 e. The van der Waals surface area contributed by atoms with Crippen LogP contribution in [-0.2, 0) is 0 Å². The van der Waals surface area contributed by atoms with Crippen LogP contribution in [0.25, 0.3) is 0 Å². The first-order chi connectivity index (χ1) is 11.1. The highest BCUT2D eigenvalue weighted by atomic mass is 19.1. The average molecular weight is 315 g/mol. The molecule has 6 heteroatoms. The number of phenolic OH excluding ortho intramolecular Hbond substituents is 1. The van der Waals surface area contributed by atoms with Crippen molar-refractivity contribution in [3.63, 3.8) is 0 Å². The van der Waals surface area contributed by atoms with Gasteiger partial charge in [-0.1, -0.05) is 18.2 Å². The number of hydrogen-bond donors (Lipinski definition) is 2. The highest BCUT2D eigenvalue weighted by Crippen LogP contribution is 2.21. The van der Waals surface area contributed by atoms with Crippen LogP contribution in [0.15, 0.2) is 48.5 Å². The maximum Gasteiger partial charge on any atom is 0.321 e. The molecule has 0 spiro atoms. The van der Waals surface area contributed by atoms with Crippen LogP contribution in [0, 0.1) is 5.82 Å². The summed E-state index contributed by atoms with van der Waals surface area (Å²) in [6.07, 6.45) is 0. The third-order valence-electron chi connectivity index (χ3n) is 3.86. The molecule has 1 heterocycles. The Morgan fingerprint density at radius 2 is 1.78 bits per heavy atom. The number of nitrogens with one attached hydrogen (secondary N) is 1. The van der Waals surface area contributed by atoms with E-state index in [2.05, 4.69) is 5.32 Å². The highest BCUT2D eigenvalue weighted by Gasteiger charge is 2.22. The van der Waals surface area contributed by atoms with Gasteiger partial charge in [-0.05, 0) is 24.3 Å². The Labute approximate surface area is 133 Å². The zero-order valence-corrected chi connectivity index (χ0v) is 12.6. The number of rotatable bonds is 2. The minimum atomic E-state index is -0.245. The maximum atomic E-state index is 13.8. The van der Waals surface area contributed by atoms with Gasteiger partial charge in [-0.2, -0.15) is 0 Å². The number of benzene rings is 2. The van der Waals surface area contributed by atoms with Gasteiger partial charge in [0, 0.05) is 37.9 Å². The molecule has 0 radical (unpaired) electrons. The fraction of sp³-hybridized carbons (Fsp3) is 0.235. The quantitative estimate of drug-likeness (QED) is 0.896. The lowest BCUT2D eigenvalue weighted by Crippen LogP contribution is -2.50. The van der Waals surface area contributed by atoms with Gasteiger partial charge in [-0.25, -0.2) is 9.18 Å². The second kappa shape index (κ2) is 6.56. The number of carbonyl (C=O) groups is 1. The van der Waals surface area contributed by atoms with Gasteiger partial charge in [0.1, 0.15) is 11.6 Å². The molecule has 1 fully saturated rings. The Morgan fingerprint density at radius 3 is 2.48 bits per heavy atom. The standard InChI is InChI=1S/C17H18FN3O2/c18-15-6-1-2-7-16(15)20-8-10-21(11-9-20)17(23)19-13-4-3-5-14(22)12-13/h1-7,12,22H,8-11H2,(H,19,23). The molecule has 1 aliphatic rings. The molecule has 0 aromatic heterocycles. The number of anilines is 2. The van der Waals surface area contributed by atoms with Gasteiger partial charge in [0.05, 0.1) is 5.69 Å². The van der Waals surface area contributed by atoms with Crippen molar-refractivity contribution >= 4 is 17.4 Å². The Hall–Kier alpha value is -2.76. The van der Waals surface area contributed by atoms with E-state index in [-0.39, 0.29) is 17.6 Å². The van der Waals surface area contributed by atoms with Crippen molar-refractivity contribution in [3.05, 3.63) is 54.3 Å².